The summed E-state index contributed by atoms with van der Waals surface area (Å²) in [6.45, 7) is -0.105. The minimum atomic E-state index is -4.07. The standard InChI is InChI=1S/C17H19FN2O4S/c1-20(12-17(21)19-11-13-6-4-3-5-7-13)25(22,23)16-10-14(18)8-9-15(16)24-2/h3-10H,11-12H2,1-2H3,(H,19,21). The van der Waals surface area contributed by atoms with E-state index in [2.05, 4.69) is 5.32 Å². The van der Waals surface area contributed by atoms with Gasteiger partial charge in [0.15, 0.2) is 0 Å². The number of ether oxygens (including phenoxy) is 1. The first-order valence-corrected chi connectivity index (χ1v) is 8.89. The zero-order valence-electron chi connectivity index (χ0n) is 13.9. The van der Waals surface area contributed by atoms with Crippen LogP contribution in [0.25, 0.3) is 0 Å². The number of rotatable bonds is 7. The second kappa shape index (κ2) is 8.09. The molecule has 134 valence electrons. The van der Waals surface area contributed by atoms with Crippen molar-refractivity contribution in [2.75, 3.05) is 20.7 Å². The summed E-state index contributed by atoms with van der Waals surface area (Å²) in [7, 11) is -1.53. The van der Waals surface area contributed by atoms with Crippen LogP contribution in [0.15, 0.2) is 53.4 Å². The van der Waals surface area contributed by atoms with Crippen molar-refractivity contribution in [1.29, 1.82) is 0 Å². The number of methoxy groups -OCH3 is 1. The Labute approximate surface area is 146 Å². The minimum absolute atomic E-state index is 0.0120. The third kappa shape index (κ3) is 4.77. The van der Waals surface area contributed by atoms with Crippen LogP contribution in [-0.2, 0) is 21.4 Å². The van der Waals surface area contributed by atoms with E-state index < -0.39 is 28.3 Å². The summed E-state index contributed by atoms with van der Waals surface area (Å²) in [5.74, 6) is -1.16. The van der Waals surface area contributed by atoms with E-state index >= 15 is 0 Å². The summed E-state index contributed by atoms with van der Waals surface area (Å²) in [5.41, 5.74) is 0.896. The molecule has 0 aliphatic heterocycles. The number of nitrogens with zero attached hydrogens (tertiary/aromatic N) is 1. The summed E-state index contributed by atoms with van der Waals surface area (Å²) >= 11 is 0. The van der Waals surface area contributed by atoms with Crippen molar-refractivity contribution in [1.82, 2.24) is 9.62 Å². The lowest BCUT2D eigenvalue weighted by Gasteiger charge is -2.18. The first-order valence-electron chi connectivity index (χ1n) is 7.45. The first-order chi connectivity index (χ1) is 11.8. The van der Waals surface area contributed by atoms with Crippen molar-refractivity contribution in [2.45, 2.75) is 11.4 Å². The number of amides is 1. The van der Waals surface area contributed by atoms with Crippen molar-refractivity contribution < 1.29 is 22.3 Å². The fourth-order valence-electron chi connectivity index (χ4n) is 2.16. The molecule has 0 heterocycles. The van der Waals surface area contributed by atoms with Gasteiger partial charge >= 0.3 is 0 Å². The molecule has 0 aromatic heterocycles. The fraction of sp³-hybridized carbons (Fsp3) is 0.235. The van der Waals surface area contributed by atoms with Gasteiger partial charge in [-0.1, -0.05) is 30.3 Å². The highest BCUT2D eigenvalue weighted by Crippen LogP contribution is 2.26. The second-order valence-corrected chi connectivity index (χ2v) is 7.33. The molecule has 0 aliphatic rings. The Bertz CT molecular complexity index is 841. The molecule has 0 atom stereocenters. The van der Waals surface area contributed by atoms with Gasteiger partial charge in [0.2, 0.25) is 15.9 Å². The van der Waals surface area contributed by atoms with E-state index in [9.17, 15) is 17.6 Å². The Morgan fingerprint density at radius 2 is 1.88 bits per heavy atom. The molecule has 8 heteroatoms. The Hall–Kier alpha value is -2.45. The van der Waals surface area contributed by atoms with Crippen molar-refractivity contribution in [3.63, 3.8) is 0 Å². The van der Waals surface area contributed by atoms with Gasteiger partial charge in [0.05, 0.1) is 13.7 Å². The molecule has 1 N–H and O–H groups in total. The number of sulfonamides is 1. The maximum Gasteiger partial charge on any atom is 0.247 e. The van der Waals surface area contributed by atoms with Crippen LogP contribution >= 0.6 is 0 Å². The van der Waals surface area contributed by atoms with E-state index in [0.717, 1.165) is 22.0 Å². The normalized spacial score (nSPS) is 11.4. The van der Waals surface area contributed by atoms with Gasteiger partial charge in [-0.15, -0.1) is 0 Å². The summed E-state index contributed by atoms with van der Waals surface area (Å²) in [6, 6.07) is 12.4. The predicted molar refractivity (Wildman–Crippen MR) is 91.1 cm³/mol. The molecule has 2 aromatic rings. The molecule has 0 spiro atoms. The van der Waals surface area contributed by atoms with Gasteiger partial charge in [-0.3, -0.25) is 4.79 Å². The van der Waals surface area contributed by atoms with Crippen molar-refractivity contribution in [3.05, 3.63) is 59.9 Å². The molecule has 0 bridgehead atoms. The van der Waals surface area contributed by atoms with Crippen LogP contribution < -0.4 is 10.1 Å². The zero-order chi connectivity index (χ0) is 18.4. The molecule has 0 saturated heterocycles. The fourth-order valence-corrected chi connectivity index (χ4v) is 3.45. The van der Waals surface area contributed by atoms with Crippen LogP contribution in [0.4, 0.5) is 4.39 Å². The maximum atomic E-state index is 13.4. The van der Waals surface area contributed by atoms with Crippen LogP contribution in [0.1, 0.15) is 5.56 Å². The number of nitrogens with one attached hydrogen (secondary N) is 1. The zero-order valence-corrected chi connectivity index (χ0v) is 14.7. The molecule has 2 aromatic carbocycles. The summed E-state index contributed by atoms with van der Waals surface area (Å²) < 4.78 is 44.4. The number of hydrogen-bond acceptors (Lipinski definition) is 4. The van der Waals surface area contributed by atoms with E-state index in [1.807, 2.05) is 30.3 Å². The van der Waals surface area contributed by atoms with Crippen molar-refractivity contribution in [2.24, 2.45) is 0 Å². The van der Waals surface area contributed by atoms with Crippen LogP contribution in [0.5, 0.6) is 5.75 Å². The lowest BCUT2D eigenvalue weighted by atomic mass is 10.2. The van der Waals surface area contributed by atoms with Crippen LogP contribution in [0.2, 0.25) is 0 Å². The third-order valence-corrected chi connectivity index (χ3v) is 5.34. The topological polar surface area (TPSA) is 75.7 Å². The third-order valence-electron chi connectivity index (χ3n) is 3.51. The van der Waals surface area contributed by atoms with Crippen LogP contribution in [0.3, 0.4) is 0 Å². The van der Waals surface area contributed by atoms with Crippen molar-refractivity contribution in [3.8, 4) is 5.75 Å². The lowest BCUT2D eigenvalue weighted by molar-refractivity contribution is -0.121. The van der Waals surface area contributed by atoms with Gasteiger partial charge in [0, 0.05) is 13.6 Å². The molecule has 0 saturated carbocycles. The highest BCUT2D eigenvalue weighted by atomic mass is 32.2. The Kier molecular flexibility index (Phi) is 6.11. The molecule has 25 heavy (non-hydrogen) atoms. The molecule has 0 aliphatic carbocycles. The minimum Gasteiger partial charge on any atom is -0.495 e. The van der Waals surface area contributed by atoms with Gasteiger partial charge in [-0.05, 0) is 23.8 Å². The SMILES string of the molecule is COc1ccc(F)cc1S(=O)(=O)N(C)CC(=O)NCc1ccccc1. The molecule has 0 fully saturated rings. The van der Waals surface area contributed by atoms with E-state index in [4.69, 9.17) is 4.74 Å². The lowest BCUT2D eigenvalue weighted by Crippen LogP contribution is -2.38. The Morgan fingerprint density at radius 3 is 2.52 bits per heavy atom. The monoisotopic (exact) mass is 366 g/mol. The smallest absolute Gasteiger partial charge is 0.247 e. The number of likely N-dealkylation sites (N-methyl/N-ethyl adjacent to an activating group) is 1. The summed E-state index contributed by atoms with van der Waals surface area (Å²) in [4.78, 5) is 11.7. The number of hydrogen-bond donors (Lipinski definition) is 1. The van der Waals surface area contributed by atoms with E-state index in [1.165, 1.54) is 20.2 Å². The molecule has 0 radical (unpaired) electrons. The number of carbonyl (C=O) groups excluding carboxylic acids is 1. The average Bonchev–Trinajstić information content (AvgIpc) is 2.60. The second-order valence-electron chi connectivity index (χ2n) is 5.32. The molecule has 6 nitrogen and oxygen atoms in total. The number of benzene rings is 2. The summed E-state index contributed by atoms with van der Waals surface area (Å²) in [6.07, 6.45) is 0. The Morgan fingerprint density at radius 1 is 1.20 bits per heavy atom. The van der Waals surface area contributed by atoms with Crippen LogP contribution in [-0.4, -0.2) is 39.3 Å². The molecule has 1 amide bonds. The first kappa shape index (κ1) is 18.9. The van der Waals surface area contributed by atoms with Gasteiger partial charge in [-0.2, -0.15) is 4.31 Å². The highest BCUT2D eigenvalue weighted by molar-refractivity contribution is 7.89. The molecular formula is C17H19FN2O4S. The van der Waals surface area contributed by atoms with Gasteiger partial charge in [0.1, 0.15) is 16.5 Å². The average molecular weight is 366 g/mol. The number of carbonyl (C=O) groups is 1. The molecule has 2 rings (SSSR count). The van der Waals surface area contributed by atoms with Crippen molar-refractivity contribution >= 4 is 15.9 Å². The molecular weight excluding hydrogens is 347 g/mol. The number of halogens is 1. The maximum absolute atomic E-state index is 13.4. The van der Waals surface area contributed by atoms with Gasteiger partial charge in [0.25, 0.3) is 0 Å². The predicted octanol–water partition coefficient (Wildman–Crippen LogP) is 1.77. The summed E-state index contributed by atoms with van der Waals surface area (Å²) in [5, 5.41) is 2.64. The largest absolute Gasteiger partial charge is 0.495 e. The highest BCUT2D eigenvalue weighted by Gasteiger charge is 2.27. The van der Waals surface area contributed by atoms with E-state index in [1.54, 1.807) is 0 Å². The van der Waals surface area contributed by atoms with E-state index in [-0.39, 0.29) is 17.2 Å². The van der Waals surface area contributed by atoms with Crippen LogP contribution in [0, 0.1) is 5.82 Å². The molecule has 0 unspecified atom stereocenters. The quantitative estimate of drug-likeness (QED) is 0.810. The van der Waals surface area contributed by atoms with E-state index in [0.29, 0.717) is 0 Å². The van der Waals surface area contributed by atoms with Gasteiger partial charge < -0.3 is 10.1 Å². The Balaban J connectivity index is 2.07. The van der Waals surface area contributed by atoms with Gasteiger partial charge in [-0.25, -0.2) is 12.8 Å².